The van der Waals surface area contributed by atoms with Crippen LogP contribution in [-0.4, -0.2) is 17.6 Å². The Morgan fingerprint density at radius 3 is 2.90 bits per heavy atom. The number of nitrogen functional groups attached to an aromatic ring is 1. The number of hydrogen-bond acceptors (Lipinski definition) is 6. The molecule has 2 rings (SSSR count). The third kappa shape index (κ3) is 3.27. The molecule has 0 aliphatic rings. The fourth-order valence-electron chi connectivity index (χ4n) is 1.71. The van der Waals surface area contributed by atoms with Crippen LogP contribution in [-0.2, 0) is 11.3 Å². The lowest BCUT2D eigenvalue weighted by Gasteiger charge is -2.11. The van der Waals surface area contributed by atoms with Gasteiger partial charge >= 0.3 is 5.97 Å². The number of hydrogen-bond donors (Lipinski definition) is 1. The zero-order valence-electron chi connectivity index (χ0n) is 11.4. The monoisotopic (exact) mass is 292 g/mol. The van der Waals surface area contributed by atoms with E-state index < -0.39 is 5.97 Å². The van der Waals surface area contributed by atoms with Crippen LogP contribution in [0.3, 0.4) is 0 Å². The molecule has 20 heavy (non-hydrogen) atoms. The highest BCUT2D eigenvalue weighted by Crippen LogP contribution is 2.27. The molecular formula is C14H16N2O3S. The molecule has 0 saturated carbocycles. The second kappa shape index (κ2) is 6.38. The van der Waals surface area contributed by atoms with Crippen molar-refractivity contribution in [1.29, 1.82) is 0 Å². The lowest BCUT2D eigenvalue weighted by molar-refractivity contribution is 0.0464. The highest BCUT2D eigenvalue weighted by Gasteiger charge is 2.16. The van der Waals surface area contributed by atoms with Gasteiger partial charge in [-0.15, -0.1) is 11.3 Å². The SMILES string of the molecule is CCOc1c(N)cccc1C(=O)OCc1csc(C)n1. The van der Waals surface area contributed by atoms with Gasteiger partial charge in [-0.2, -0.15) is 0 Å². The number of anilines is 1. The number of aromatic nitrogens is 1. The van der Waals surface area contributed by atoms with E-state index in [1.54, 1.807) is 18.2 Å². The van der Waals surface area contributed by atoms with Crippen molar-refractivity contribution in [3.05, 3.63) is 39.8 Å². The van der Waals surface area contributed by atoms with Gasteiger partial charge < -0.3 is 15.2 Å². The third-order valence-corrected chi connectivity index (χ3v) is 3.39. The quantitative estimate of drug-likeness (QED) is 0.677. The fourth-order valence-corrected chi connectivity index (χ4v) is 2.31. The maximum Gasteiger partial charge on any atom is 0.342 e. The van der Waals surface area contributed by atoms with E-state index in [2.05, 4.69) is 4.98 Å². The molecule has 1 heterocycles. The Morgan fingerprint density at radius 1 is 1.45 bits per heavy atom. The lowest BCUT2D eigenvalue weighted by atomic mass is 10.1. The minimum atomic E-state index is -0.466. The number of thiazole rings is 1. The molecule has 0 bridgehead atoms. The van der Waals surface area contributed by atoms with E-state index in [-0.39, 0.29) is 6.61 Å². The van der Waals surface area contributed by atoms with Gasteiger partial charge in [-0.05, 0) is 26.0 Å². The Balaban J connectivity index is 2.10. The molecule has 0 unspecified atom stereocenters. The standard InChI is InChI=1S/C14H16N2O3S/c1-3-18-13-11(5-4-6-12(13)15)14(17)19-7-10-8-20-9(2)16-10/h4-6,8H,3,7,15H2,1-2H3. The van der Waals surface area contributed by atoms with Gasteiger partial charge in [-0.25, -0.2) is 9.78 Å². The van der Waals surface area contributed by atoms with E-state index in [0.717, 1.165) is 10.7 Å². The largest absolute Gasteiger partial charge is 0.491 e. The molecule has 0 amide bonds. The van der Waals surface area contributed by atoms with Gasteiger partial charge in [0.05, 0.1) is 23.0 Å². The normalized spacial score (nSPS) is 10.3. The summed E-state index contributed by atoms with van der Waals surface area (Å²) in [5, 5.41) is 2.81. The molecule has 2 aromatic rings. The summed E-state index contributed by atoms with van der Waals surface area (Å²) in [6.45, 7) is 4.31. The maximum absolute atomic E-state index is 12.1. The Hall–Kier alpha value is -2.08. The number of para-hydroxylation sites is 1. The van der Waals surface area contributed by atoms with Crippen molar-refractivity contribution in [2.45, 2.75) is 20.5 Å². The summed E-state index contributed by atoms with van der Waals surface area (Å²) in [4.78, 5) is 16.3. The zero-order valence-corrected chi connectivity index (χ0v) is 12.2. The number of rotatable bonds is 5. The predicted octanol–water partition coefficient (Wildman–Crippen LogP) is 2.79. The number of carbonyl (C=O) groups excluding carboxylic acids is 1. The minimum absolute atomic E-state index is 0.142. The molecule has 0 fully saturated rings. The highest BCUT2D eigenvalue weighted by molar-refractivity contribution is 7.09. The summed E-state index contributed by atoms with van der Waals surface area (Å²) in [6.07, 6.45) is 0. The van der Waals surface area contributed by atoms with Crippen molar-refractivity contribution in [2.75, 3.05) is 12.3 Å². The highest BCUT2D eigenvalue weighted by atomic mass is 32.1. The molecule has 0 radical (unpaired) electrons. The van der Waals surface area contributed by atoms with Crippen LogP contribution in [0.2, 0.25) is 0 Å². The smallest absolute Gasteiger partial charge is 0.342 e. The van der Waals surface area contributed by atoms with Crippen molar-refractivity contribution < 1.29 is 14.3 Å². The molecule has 1 aromatic carbocycles. The summed E-state index contributed by atoms with van der Waals surface area (Å²) in [6, 6.07) is 5.02. The van der Waals surface area contributed by atoms with Crippen LogP contribution in [0.15, 0.2) is 23.6 Å². The van der Waals surface area contributed by atoms with E-state index in [0.29, 0.717) is 23.6 Å². The van der Waals surface area contributed by atoms with Crippen molar-refractivity contribution in [3.63, 3.8) is 0 Å². The van der Waals surface area contributed by atoms with E-state index in [1.807, 2.05) is 19.2 Å². The van der Waals surface area contributed by atoms with Gasteiger partial charge in [-0.1, -0.05) is 6.07 Å². The van der Waals surface area contributed by atoms with Gasteiger partial charge in [0.25, 0.3) is 0 Å². The van der Waals surface area contributed by atoms with Gasteiger partial charge in [0.1, 0.15) is 12.2 Å². The molecule has 0 aliphatic carbocycles. The van der Waals surface area contributed by atoms with E-state index >= 15 is 0 Å². The average molecular weight is 292 g/mol. The first kappa shape index (κ1) is 14.3. The van der Waals surface area contributed by atoms with Crippen molar-refractivity contribution in [1.82, 2.24) is 4.98 Å². The van der Waals surface area contributed by atoms with E-state index in [4.69, 9.17) is 15.2 Å². The van der Waals surface area contributed by atoms with Crippen LogP contribution in [0.5, 0.6) is 5.75 Å². The van der Waals surface area contributed by atoms with E-state index in [1.165, 1.54) is 11.3 Å². The molecule has 0 atom stereocenters. The molecule has 5 nitrogen and oxygen atoms in total. The van der Waals surface area contributed by atoms with E-state index in [9.17, 15) is 4.79 Å². The first-order valence-corrected chi connectivity index (χ1v) is 7.09. The number of nitrogens with two attached hydrogens (primary N) is 1. The first-order chi connectivity index (χ1) is 9.61. The fraction of sp³-hybridized carbons (Fsp3) is 0.286. The Bertz CT molecular complexity index is 610. The van der Waals surface area contributed by atoms with Crippen LogP contribution in [0.25, 0.3) is 0 Å². The van der Waals surface area contributed by atoms with Crippen LogP contribution in [0.1, 0.15) is 28.0 Å². The Labute approximate surface area is 121 Å². The molecule has 2 N–H and O–H groups in total. The summed E-state index contributed by atoms with van der Waals surface area (Å²) < 4.78 is 10.6. The van der Waals surface area contributed by atoms with Crippen LogP contribution < -0.4 is 10.5 Å². The molecular weight excluding hydrogens is 276 g/mol. The molecule has 6 heteroatoms. The number of ether oxygens (including phenoxy) is 2. The molecule has 0 spiro atoms. The van der Waals surface area contributed by atoms with Gasteiger partial charge in [-0.3, -0.25) is 0 Å². The van der Waals surface area contributed by atoms with Crippen LogP contribution in [0.4, 0.5) is 5.69 Å². The van der Waals surface area contributed by atoms with Crippen molar-refractivity contribution in [3.8, 4) is 5.75 Å². The lowest BCUT2D eigenvalue weighted by Crippen LogP contribution is -2.09. The number of benzene rings is 1. The number of carbonyl (C=O) groups is 1. The summed E-state index contributed by atoms with van der Waals surface area (Å²) in [5.41, 5.74) is 7.31. The number of nitrogens with zero attached hydrogens (tertiary/aromatic N) is 1. The Kier molecular flexibility index (Phi) is 4.57. The average Bonchev–Trinajstić information content (AvgIpc) is 2.84. The zero-order chi connectivity index (χ0) is 14.5. The molecule has 106 valence electrons. The maximum atomic E-state index is 12.1. The summed E-state index contributed by atoms with van der Waals surface area (Å²) in [7, 11) is 0. The predicted molar refractivity (Wildman–Crippen MR) is 78.0 cm³/mol. The molecule has 0 aliphatic heterocycles. The van der Waals surface area contributed by atoms with Crippen molar-refractivity contribution in [2.24, 2.45) is 0 Å². The van der Waals surface area contributed by atoms with Gasteiger partial charge in [0.15, 0.2) is 5.75 Å². The summed E-state index contributed by atoms with van der Waals surface area (Å²) >= 11 is 1.52. The molecule has 0 saturated heterocycles. The second-order valence-corrected chi connectivity index (χ2v) is 5.15. The first-order valence-electron chi connectivity index (χ1n) is 6.21. The minimum Gasteiger partial charge on any atom is -0.491 e. The third-order valence-electron chi connectivity index (χ3n) is 2.57. The van der Waals surface area contributed by atoms with Crippen LogP contribution in [0, 0.1) is 6.92 Å². The topological polar surface area (TPSA) is 74.4 Å². The van der Waals surface area contributed by atoms with Crippen LogP contribution >= 0.6 is 11.3 Å². The van der Waals surface area contributed by atoms with Crippen molar-refractivity contribution >= 4 is 23.0 Å². The summed E-state index contributed by atoms with van der Waals surface area (Å²) in [5.74, 6) is -0.0964. The van der Waals surface area contributed by atoms with Gasteiger partial charge in [0, 0.05) is 5.38 Å². The van der Waals surface area contributed by atoms with Gasteiger partial charge in [0.2, 0.25) is 0 Å². The molecule has 1 aromatic heterocycles. The number of aryl methyl sites for hydroxylation is 1. The Morgan fingerprint density at radius 2 is 2.25 bits per heavy atom. The number of esters is 1. The second-order valence-electron chi connectivity index (χ2n) is 4.09.